The average Bonchev–Trinajstić information content (AvgIpc) is 2.65. The monoisotopic (exact) mass is 291 g/mol. The number of sulfone groups is 1. The molecule has 0 spiro atoms. The second kappa shape index (κ2) is 5.15. The molecule has 1 aliphatic rings. The maximum Gasteiger partial charge on any atom is 0.150 e. The predicted octanol–water partition coefficient (Wildman–Crippen LogP) is 2.17. The standard InChI is InChI=1S/C12H15ClFNO2S/c1-15-12(8-4-5-18(16,17)7-8)10-6-9(14)2-3-11(10)13/h2-3,6,8,12,15H,4-5,7H2,1H3. The first-order chi connectivity index (χ1) is 8.43. The minimum absolute atomic E-state index is 0.0562. The molecule has 1 saturated heterocycles. The van der Waals surface area contributed by atoms with Crippen LogP contribution >= 0.6 is 11.6 Å². The Morgan fingerprint density at radius 3 is 2.78 bits per heavy atom. The van der Waals surface area contributed by atoms with Gasteiger partial charge in [0.2, 0.25) is 0 Å². The third-order valence-electron chi connectivity index (χ3n) is 3.34. The van der Waals surface area contributed by atoms with Crippen LogP contribution in [0.5, 0.6) is 0 Å². The molecule has 1 aromatic rings. The van der Waals surface area contributed by atoms with Gasteiger partial charge in [-0.25, -0.2) is 12.8 Å². The normalized spacial score (nSPS) is 24.1. The molecule has 0 saturated carbocycles. The largest absolute Gasteiger partial charge is 0.313 e. The fraction of sp³-hybridized carbons (Fsp3) is 0.500. The van der Waals surface area contributed by atoms with E-state index in [1.54, 1.807) is 7.05 Å². The highest BCUT2D eigenvalue weighted by atomic mass is 35.5. The van der Waals surface area contributed by atoms with Crippen molar-refractivity contribution in [2.24, 2.45) is 5.92 Å². The van der Waals surface area contributed by atoms with Gasteiger partial charge in [0.1, 0.15) is 5.82 Å². The highest BCUT2D eigenvalue weighted by Gasteiger charge is 2.34. The van der Waals surface area contributed by atoms with Crippen molar-refractivity contribution in [2.75, 3.05) is 18.6 Å². The quantitative estimate of drug-likeness (QED) is 0.928. The Kier molecular flexibility index (Phi) is 3.94. The Labute approximate surface area is 111 Å². The van der Waals surface area contributed by atoms with Crippen molar-refractivity contribution in [2.45, 2.75) is 12.5 Å². The molecule has 0 aliphatic carbocycles. The van der Waals surface area contributed by atoms with Crippen LogP contribution < -0.4 is 5.32 Å². The van der Waals surface area contributed by atoms with Gasteiger partial charge in [-0.2, -0.15) is 0 Å². The molecule has 6 heteroatoms. The number of hydrogen-bond acceptors (Lipinski definition) is 3. The number of nitrogens with one attached hydrogen (secondary N) is 1. The lowest BCUT2D eigenvalue weighted by Gasteiger charge is -2.23. The van der Waals surface area contributed by atoms with E-state index in [0.29, 0.717) is 17.0 Å². The molecule has 1 heterocycles. The molecule has 1 aliphatic heterocycles. The molecule has 3 nitrogen and oxygen atoms in total. The van der Waals surface area contributed by atoms with Gasteiger partial charge in [0.05, 0.1) is 11.5 Å². The van der Waals surface area contributed by atoms with Crippen LogP contribution in [0.4, 0.5) is 4.39 Å². The highest BCUT2D eigenvalue weighted by Crippen LogP contribution is 2.34. The first-order valence-corrected chi connectivity index (χ1v) is 7.95. The maximum atomic E-state index is 13.3. The predicted molar refractivity (Wildman–Crippen MR) is 70.0 cm³/mol. The van der Waals surface area contributed by atoms with E-state index in [4.69, 9.17) is 11.6 Å². The van der Waals surface area contributed by atoms with Crippen molar-refractivity contribution in [3.63, 3.8) is 0 Å². The number of halogens is 2. The van der Waals surface area contributed by atoms with Crippen LogP contribution in [0.3, 0.4) is 0 Å². The summed E-state index contributed by atoms with van der Waals surface area (Å²) in [5.74, 6) is -0.0940. The van der Waals surface area contributed by atoms with Crippen molar-refractivity contribution in [3.8, 4) is 0 Å². The second-order valence-electron chi connectivity index (χ2n) is 4.60. The zero-order valence-corrected chi connectivity index (χ0v) is 11.6. The summed E-state index contributed by atoms with van der Waals surface area (Å²) in [5.41, 5.74) is 0.626. The zero-order valence-electron chi connectivity index (χ0n) is 9.99. The van der Waals surface area contributed by atoms with Crippen LogP contribution in [0.25, 0.3) is 0 Å². The van der Waals surface area contributed by atoms with Gasteiger partial charge in [0.15, 0.2) is 9.84 Å². The first kappa shape index (κ1) is 13.8. The van der Waals surface area contributed by atoms with Crippen LogP contribution in [0, 0.1) is 11.7 Å². The fourth-order valence-corrected chi connectivity index (χ4v) is 4.56. The average molecular weight is 292 g/mol. The number of benzene rings is 1. The van der Waals surface area contributed by atoms with E-state index >= 15 is 0 Å². The third kappa shape index (κ3) is 2.84. The van der Waals surface area contributed by atoms with Crippen LogP contribution in [0.1, 0.15) is 18.0 Å². The van der Waals surface area contributed by atoms with E-state index in [1.807, 2.05) is 0 Å². The van der Waals surface area contributed by atoms with Crippen LogP contribution in [-0.2, 0) is 9.84 Å². The van der Waals surface area contributed by atoms with E-state index in [2.05, 4.69) is 5.32 Å². The van der Waals surface area contributed by atoms with Crippen molar-refractivity contribution in [1.82, 2.24) is 5.32 Å². The Balaban J connectivity index is 2.31. The number of rotatable bonds is 3. The molecule has 0 aromatic heterocycles. The van der Waals surface area contributed by atoms with Gasteiger partial charge in [0.25, 0.3) is 0 Å². The second-order valence-corrected chi connectivity index (χ2v) is 7.23. The Hall–Kier alpha value is -0.650. The van der Waals surface area contributed by atoms with Crippen LogP contribution in [0.15, 0.2) is 18.2 Å². The van der Waals surface area contributed by atoms with Gasteiger partial charge in [-0.15, -0.1) is 0 Å². The molecule has 0 bridgehead atoms. The van der Waals surface area contributed by atoms with Gasteiger partial charge in [0, 0.05) is 11.1 Å². The minimum Gasteiger partial charge on any atom is -0.313 e. The molecule has 0 radical (unpaired) electrons. The van der Waals surface area contributed by atoms with E-state index in [0.717, 1.165) is 0 Å². The molecular weight excluding hydrogens is 277 g/mol. The SMILES string of the molecule is CNC(c1cc(F)ccc1Cl)C1CCS(=O)(=O)C1. The summed E-state index contributed by atoms with van der Waals surface area (Å²) in [6.07, 6.45) is 0.584. The zero-order chi connectivity index (χ0) is 13.3. The fourth-order valence-electron chi connectivity index (χ4n) is 2.48. The lowest BCUT2D eigenvalue weighted by molar-refractivity contribution is 0.417. The first-order valence-electron chi connectivity index (χ1n) is 5.75. The van der Waals surface area contributed by atoms with Crippen molar-refractivity contribution in [3.05, 3.63) is 34.6 Å². The summed E-state index contributed by atoms with van der Waals surface area (Å²) in [6, 6.07) is 3.93. The smallest absolute Gasteiger partial charge is 0.150 e. The molecule has 2 rings (SSSR count). The summed E-state index contributed by atoms with van der Waals surface area (Å²) in [6.45, 7) is 0. The summed E-state index contributed by atoms with van der Waals surface area (Å²) < 4.78 is 36.3. The van der Waals surface area contributed by atoms with Gasteiger partial charge >= 0.3 is 0 Å². The third-order valence-corrected chi connectivity index (χ3v) is 5.48. The summed E-state index contributed by atoms with van der Waals surface area (Å²) >= 11 is 6.06. The van der Waals surface area contributed by atoms with Crippen LogP contribution in [-0.4, -0.2) is 27.0 Å². The van der Waals surface area contributed by atoms with E-state index in [9.17, 15) is 12.8 Å². The van der Waals surface area contributed by atoms with E-state index < -0.39 is 9.84 Å². The molecule has 1 fully saturated rings. The molecule has 100 valence electrons. The van der Waals surface area contributed by atoms with Gasteiger partial charge in [-0.05, 0) is 43.1 Å². The Morgan fingerprint density at radius 2 is 2.22 bits per heavy atom. The topological polar surface area (TPSA) is 46.2 Å². The lowest BCUT2D eigenvalue weighted by Crippen LogP contribution is -2.26. The maximum absolute atomic E-state index is 13.3. The molecule has 2 unspecified atom stereocenters. The van der Waals surface area contributed by atoms with Gasteiger partial charge in [-0.3, -0.25) is 0 Å². The minimum atomic E-state index is -2.96. The van der Waals surface area contributed by atoms with Crippen LogP contribution in [0.2, 0.25) is 5.02 Å². The van der Waals surface area contributed by atoms with E-state index in [1.165, 1.54) is 18.2 Å². The molecule has 0 amide bonds. The van der Waals surface area contributed by atoms with Gasteiger partial charge in [-0.1, -0.05) is 11.6 Å². The number of hydrogen-bond donors (Lipinski definition) is 1. The summed E-state index contributed by atoms with van der Waals surface area (Å²) in [7, 11) is -1.23. The molecule has 18 heavy (non-hydrogen) atoms. The Bertz CT molecular complexity index is 547. The summed E-state index contributed by atoms with van der Waals surface area (Å²) in [5, 5.41) is 3.51. The molecule has 1 aromatic carbocycles. The van der Waals surface area contributed by atoms with Crippen molar-refractivity contribution < 1.29 is 12.8 Å². The highest BCUT2D eigenvalue weighted by molar-refractivity contribution is 7.91. The van der Waals surface area contributed by atoms with Gasteiger partial charge < -0.3 is 5.32 Å². The molecule has 2 atom stereocenters. The van der Waals surface area contributed by atoms with Crippen molar-refractivity contribution >= 4 is 21.4 Å². The van der Waals surface area contributed by atoms with E-state index in [-0.39, 0.29) is 29.3 Å². The summed E-state index contributed by atoms with van der Waals surface area (Å²) in [4.78, 5) is 0. The van der Waals surface area contributed by atoms with Crippen molar-refractivity contribution in [1.29, 1.82) is 0 Å². The molecular formula is C12H15ClFNO2S. The molecule has 1 N–H and O–H groups in total. The lowest BCUT2D eigenvalue weighted by atomic mass is 9.92. The Morgan fingerprint density at radius 1 is 1.50 bits per heavy atom.